The molecule has 2 rings (SSSR count). The van der Waals surface area contributed by atoms with E-state index < -0.39 is 18.0 Å². The summed E-state index contributed by atoms with van der Waals surface area (Å²) in [6.07, 6.45) is -4.69. The van der Waals surface area contributed by atoms with E-state index >= 15 is 0 Å². The fourth-order valence-corrected chi connectivity index (χ4v) is 1.37. The van der Waals surface area contributed by atoms with Gasteiger partial charge in [0, 0.05) is 0 Å². The molecule has 0 aromatic carbocycles. The number of aromatic nitrogens is 5. The highest BCUT2D eigenvalue weighted by Crippen LogP contribution is 2.26. The molecule has 102 valence electrons. The van der Waals surface area contributed by atoms with Gasteiger partial charge in [-0.3, -0.25) is 0 Å². The maximum Gasteiger partial charge on any atom is 0.453 e. The minimum atomic E-state index is -4.69. The molecule has 0 radical (unpaired) electrons. The SMILES string of the molecule is CCOC(=O)c1nnc2nc(C(F)(F)F)nn2c1C. The third kappa shape index (κ3) is 2.33. The molecule has 2 aromatic heterocycles. The molecule has 0 aliphatic rings. The van der Waals surface area contributed by atoms with E-state index in [1.807, 2.05) is 0 Å². The lowest BCUT2D eigenvalue weighted by atomic mass is 10.3. The molecule has 7 nitrogen and oxygen atoms in total. The highest BCUT2D eigenvalue weighted by atomic mass is 19.4. The zero-order chi connectivity index (χ0) is 14.2. The molecule has 0 saturated carbocycles. The summed E-state index contributed by atoms with van der Waals surface area (Å²) in [5, 5.41) is 10.2. The van der Waals surface area contributed by atoms with Gasteiger partial charge in [0.1, 0.15) is 0 Å². The number of fused-ring (bicyclic) bond motifs is 1. The molecule has 2 heterocycles. The lowest BCUT2D eigenvalue weighted by Crippen LogP contribution is -2.14. The van der Waals surface area contributed by atoms with Crippen molar-refractivity contribution in [2.45, 2.75) is 20.0 Å². The van der Waals surface area contributed by atoms with Gasteiger partial charge in [0.15, 0.2) is 5.69 Å². The standard InChI is InChI=1S/C9H8F3N5O2/c1-3-19-6(18)5-4(2)17-8(15-14-5)13-7(16-17)9(10,11)12/h3H2,1-2H3. The number of halogens is 3. The van der Waals surface area contributed by atoms with Crippen LogP contribution in [0.3, 0.4) is 0 Å². The Labute approximate surface area is 104 Å². The van der Waals surface area contributed by atoms with E-state index in [-0.39, 0.29) is 23.8 Å². The van der Waals surface area contributed by atoms with E-state index in [0.717, 1.165) is 4.52 Å². The third-order valence-electron chi connectivity index (χ3n) is 2.21. The first-order valence-electron chi connectivity index (χ1n) is 5.19. The number of ether oxygens (including phenoxy) is 1. The van der Waals surface area contributed by atoms with Crippen LogP contribution in [0.5, 0.6) is 0 Å². The number of esters is 1. The Kier molecular flexibility index (Phi) is 3.08. The first-order chi connectivity index (χ1) is 8.84. The van der Waals surface area contributed by atoms with E-state index in [4.69, 9.17) is 4.74 Å². The number of carbonyl (C=O) groups excluding carboxylic acids is 1. The summed E-state index contributed by atoms with van der Waals surface area (Å²) in [6.45, 7) is 3.09. The molecule has 0 fully saturated rings. The summed E-state index contributed by atoms with van der Waals surface area (Å²) < 4.78 is 42.9. The van der Waals surface area contributed by atoms with Gasteiger partial charge in [0.25, 0.3) is 11.6 Å². The van der Waals surface area contributed by atoms with Crippen molar-refractivity contribution in [2.75, 3.05) is 6.61 Å². The number of hydrogen-bond acceptors (Lipinski definition) is 6. The van der Waals surface area contributed by atoms with Gasteiger partial charge < -0.3 is 4.74 Å². The first-order valence-corrected chi connectivity index (χ1v) is 5.19. The number of nitrogens with zero attached hydrogens (tertiary/aromatic N) is 5. The Morgan fingerprint density at radius 2 is 2.05 bits per heavy atom. The molecule has 0 saturated heterocycles. The second-order valence-electron chi connectivity index (χ2n) is 3.50. The Bertz CT molecular complexity index is 637. The molecule has 0 unspecified atom stereocenters. The monoisotopic (exact) mass is 275 g/mol. The van der Waals surface area contributed by atoms with E-state index in [1.165, 1.54) is 6.92 Å². The summed E-state index contributed by atoms with van der Waals surface area (Å²) in [7, 11) is 0. The summed E-state index contributed by atoms with van der Waals surface area (Å²) in [6, 6.07) is 0. The van der Waals surface area contributed by atoms with Gasteiger partial charge in [-0.1, -0.05) is 0 Å². The Morgan fingerprint density at radius 3 is 2.63 bits per heavy atom. The average Bonchev–Trinajstić information content (AvgIpc) is 2.74. The largest absolute Gasteiger partial charge is 0.461 e. The predicted molar refractivity (Wildman–Crippen MR) is 54.3 cm³/mol. The highest BCUT2D eigenvalue weighted by molar-refractivity contribution is 5.88. The summed E-state index contributed by atoms with van der Waals surface area (Å²) in [5.41, 5.74) is -0.126. The second kappa shape index (κ2) is 4.44. The van der Waals surface area contributed by atoms with E-state index in [1.54, 1.807) is 6.92 Å². The number of rotatable bonds is 2. The van der Waals surface area contributed by atoms with Crippen molar-refractivity contribution in [3.8, 4) is 0 Å². The Balaban J connectivity index is 2.56. The van der Waals surface area contributed by atoms with Gasteiger partial charge in [0.05, 0.1) is 12.3 Å². The second-order valence-corrected chi connectivity index (χ2v) is 3.50. The van der Waals surface area contributed by atoms with E-state index in [9.17, 15) is 18.0 Å². The van der Waals surface area contributed by atoms with Crippen LogP contribution in [0, 0.1) is 6.92 Å². The number of aryl methyl sites for hydroxylation is 1. The maximum atomic E-state index is 12.5. The lowest BCUT2D eigenvalue weighted by Gasteiger charge is -2.03. The van der Waals surface area contributed by atoms with Crippen molar-refractivity contribution in [1.29, 1.82) is 0 Å². The Hall–Kier alpha value is -2.26. The molecule has 0 N–H and O–H groups in total. The number of carbonyl (C=O) groups is 1. The highest BCUT2D eigenvalue weighted by Gasteiger charge is 2.37. The van der Waals surface area contributed by atoms with Crippen LogP contribution in [0.1, 0.15) is 28.9 Å². The molecule has 19 heavy (non-hydrogen) atoms. The minimum Gasteiger partial charge on any atom is -0.461 e. The zero-order valence-corrected chi connectivity index (χ0v) is 9.89. The molecule has 2 aromatic rings. The third-order valence-corrected chi connectivity index (χ3v) is 2.21. The fraction of sp³-hybridized carbons (Fsp3) is 0.444. The van der Waals surface area contributed by atoms with Crippen molar-refractivity contribution in [3.05, 3.63) is 17.2 Å². The van der Waals surface area contributed by atoms with Crippen LogP contribution < -0.4 is 0 Å². The van der Waals surface area contributed by atoms with Crippen LogP contribution in [0.4, 0.5) is 13.2 Å². The van der Waals surface area contributed by atoms with Crippen LogP contribution in [-0.4, -0.2) is 37.4 Å². The molecule has 0 aliphatic carbocycles. The smallest absolute Gasteiger partial charge is 0.453 e. The molecular formula is C9H8F3N5O2. The quantitative estimate of drug-likeness (QED) is 0.761. The molecule has 0 aliphatic heterocycles. The lowest BCUT2D eigenvalue weighted by molar-refractivity contribution is -0.144. The summed E-state index contributed by atoms with van der Waals surface area (Å²) >= 11 is 0. The van der Waals surface area contributed by atoms with Crippen LogP contribution in [-0.2, 0) is 10.9 Å². The topological polar surface area (TPSA) is 82.3 Å². The van der Waals surface area contributed by atoms with Crippen molar-refractivity contribution in [3.63, 3.8) is 0 Å². The molecule has 10 heteroatoms. The van der Waals surface area contributed by atoms with Gasteiger partial charge in [-0.05, 0) is 13.8 Å². The molecule has 0 spiro atoms. The van der Waals surface area contributed by atoms with E-state index in [2.05, 4.69) is 20.3 Å². The Morgan fingerprint density at radius 1 is 1.37 bits per heavy atom. The number of hydrogen-bond donors (Lipinski definition) is 0. The molecular weight excluding hydrogens is 267 g/mol. The molecule has 0 bridgehead atoms. The fourth-order valence-electron chi connectivity index (χ4n) is 1.37. The van der Waals surface area contributed by atoms with Crippen LogP contribution >= 0.6 is 0 Å². The van der Waals surface area contributed by atoms with Crippen molar-refractivity contribution in [1.82, 2.24) is 24.8 Å². The number of alkyl halides is 3. The predicted octanol–water partition coefficient (Wildman–Crippen LogP) is 1.02. The van der Waals surface area contributed by atoms with Gasteiger partial charge in [-0.25, -0.2) is 4.79 Å². The molecule has 0 amide bonds. The summed E-state index contributed by atoms with van der Waals surface area (Å²) in [5.74, 6) is -2.46. The van der Waals surface area contributed by atoms with Crippen molar-refractivity contribution in [2.24, 2.45) is 0 Å². The van der Waals surface area contributed by atoms with E-state index in [0.29, 0.717) is 0 Å². The average molecular weight is 275 g/mol. The van der Waals surface area contributed by atoms with Crippen LogP contribution in [0.15, 0.2) is 0 Å². The zero-order valence-electron chi connectivity index (χ0n) is 9.89. The minimum absolute atomic E-state index is 0.0754. The van der Waals surface area contributed by atoms with Gasteiger partial charge in [0.2, 0.25) is 0 Å². The normalized spacial score (nSPS) is 11.8. The van der Waals surface area contributed by atoms with Gasteiger partial charge in [-0.2, -0.15) is 22.7 Å². The maximum absolute atomic E-state index is 12.5. The van der Waals surface area contributed by atoms with Crippen LogP contribution in [0.25, 0.3) is 5.78 Å². The van der Waals surface area contributed by atoms with Gasteiger partial charge in [-0.15, -0.1) is 15.3 Å². The van der Waals surface area contributed by atoms with Crippen molar-refractivity contribution < 1.29 is 22.7 Å². The summed E-state index contributed by atoms with van der Waals surface area (Å²) in [4.78, 5) is 14.7. The first kappa shape index (κ1) is 13.2. The molecule has 0 atom stereocenters. The van der Waals surface area contributed by atoms with Crippen molar-refractivity contribution >= 4 is 11.7 Å². The van der Waals surface area contributed by atoms with Crippen LogP contribution in [0.2, 0.25) is 0 Å². The van der Waals surface area contributed by atoms with Gasteiger partial charge >= 0.3 is 12.1 Å².